The van der Waals surface area contributed by atoms with Gasteiger partial charge in [0, 0.05) is 6.42 Å². The Balaban J connectivity index is 4.00. The number of rotatable bonds is 61. The van der Waals surface area contributed by atoms with Crippen LogP contribution in [-0.2, 0) is 18.4 Å². The van der Waals surface area contributed by atoms with Gasteiger partial charge >= 0.3 is 7.82 Å². The molecule has 0 aromatic carbocycles. The van der Waals surface area contributed by atoms with Crippen LogP contribution in [0.4, 0.5) is 0 Å². The fourth-order valence-corrected chi connectivity index (χ4v) is 10.9. The highest BCUT2D eigenvalue weighted by Crippen LogP contribution is 2.43. The Morgan fingerprint density at radius 3 is 1.05 bits per heavy atom. The average molecular weight is 1050 g/mol. The van der Waals surface area contributed by atoms with Gasteiger partial charge in [-0.1, -0.05) is 309 Å². The first kappa shape index (κ1) is 72.2. The monoisotopic (exact) mass is 1050 g/mol. The summed E-state index contributed by atoms with van der Waals surface area (Å²) < 4.78 is 23.8. The third-order valence-electron chi connectivity index (χ3n) is 15.3. The summed E-state index contributed by atoms with van der Waals surface area (Å²) in [6.45, 7) is 4.94. The second kappa shape index (κ2) is 56.0. The maximum Gasteiger partial charge on any atom is 0.472 e. The molecule has 0 heterocycles. The zero-order chi connectivity index (χ0) is 53.5. The number of allylic oxidation sites excluding steroid dienone is 2. The Hall–Kier alpha value is -0.760. The Labute approximate surface area is 456 Å². The lowest BCUT2D eigenvalue weighted by molar-refractivity contribution is -0.870. The zero-order valence-electron chi connectivity index (χ0n) is 49.9. The van der Waals surface area contributed by atoms with Crippen LogP contribution in [0, 0.1) is 0 Å². The van der Waals surface area contributed by atoms with Gasteiger partial charge in [0.25, 0.3) is 0 Å². The van der Waals surface area contributed by atoms with Crippen molar-refractivity contribution in [3.05, 3.63) is 12.2 Å². The number of carbonyl (C=O) groups is 1. The Kier molecular flexibility index (Phi) is 55.4. The van der Waals surface area contributed by atoms with Crippen molar-refractivity contribution in [3.63, 3.8) is 0 Å². The van der Waals surface area contributed by atoms with Crippen molar-refractivity contribution in [2.24, 2.45) is 0 Å². The molecule has 0 fully saturated rings. The van der Waals surface area contributed by atoms with Gasteiger partial charge in [0.05, 0.1) is 39.9 Å². The van der Waals surface area contributed by atoms with Crippen LogP contribution in [0.2, 0.25) is 0 Å². The molecule has 0 aliphatic rings. The summed E-state index contributed by atoms with van der Waals surface area (Å²) in [5.41, 5.74) is 0. The van der Waals surface area contributed by atoms with E-state index >= 15 is 0 Å². The standard InChI is InChI=1S/C64H129N2O6P/c1-6-8-10-12-14-16-18-20-22-24-26-27-28-29-30-31-32-33-34-35-36-37-38-40-41-43-45-47-49-51-53-55-57-63(67)62(61-72-73(69,70)71-60-59-66(3,4)5)65-64(68)58-56-54-52-50-48-46-44-42-39-25-23-21-19-17-15-13-11-9-7-2/h21,23,62-63,67H,6-20,22,24-61H2,1-5H3,(H-,65,68,69,70)/p+1/b23-21-. The number of amides is 1. The summed E-state index contributed by atoms with van der Waals surface area (Å²) in [5.74, 6) is -0.140. The molecule has 436 valence electrons. The second-order valence-corrected chi connectivity index (χ2v) is 25.3. The third kappa shape index (κ3) is 58.8. The lowest BCUT2D eigenvalue weighted by Gasteiger charge is -2.26. The molecule has 0 aliphatic heterocycles. The molecular weight excluding hydrogens is 924 g/mol. The van der Waals surface area contributed by atoms with Crippen LogP contribution >= 0.6 is 7.82 Å². The number of aliphatic hydroxyl groups excluding tert-OH is 1. The molecule has 0 saturated heterocycles. The molecule has 3 unspecified atom stereocenters. The SMILES string of the molecule is CCCCCCCC/C=C\CCCCCCCCCCCC(=O)NC(COP(=O)(O)OCC[N+](C)(C)C)C(O)CCCCCCCCCCCCCCCCCCCCCCCCCCCCCCCCCC. The minimum Gasteiger partial charge on any atom is -0.391 e. The predicted octanol–water partition coefficient (Wildman–Crippen LogP) is 20.2. The summed E-state index contributed by atoms with van der Waals surface area (Å²) in [6.07, 6.45) is 70.1. The summed E-state index contributed by atoms with van der Waals surface area (Å²) in [5, 5.41) is 14.1. The maximum atomic E-state index is 13.0. The lowest BCUT2D eigenvalue weighted by Crippen LogP contribution is -2.46. The summed E-state index contributed by atoms with van der Waals surface area (Å²) >= 11 is 0. The van der Waals surface area contributed by atoms with Gasteiger partial charge in [0.15, 0.2) is 0 Å². The summed E-state index contributed by atoms with van der Waals surface area (Å²) in [4.78, 5) is 23.4. The second-order valence-electron chi connectivity index (χ2n) is 23.9. The first-order chi connectivity index (χ1) is 35.5. The van der Waals surface area contributed by atoms with Crippen molar-refractivity contribution < 1.29 is 32.9 Å². The van der Waals surface area contributed by atoms with Crippen molar-refractivity contribution in [3.8, 4) is 0 Å². The van der Waals surface area contributed by atoms with Crippen LogP contribution in [0.25, 0.3) is 0 Å². The first-order valence-electron chi connectivity index (χ1n) is 32.6. The molecule has 8 nitrogen and oxygen atoms in total. The van der Waals surface area contributed by atoms with Gasteiger partial charge in [0.1, 0.15) is 13.2 Å². The van der Waals surface area contributed by atoms with E-state index in [9.17, 15) is 19.4 Å². The van der Waals surface area contributed by atoms with Gasteiger partial charge in [-0.05, 0) is 38.5 Å². The van der Waals surface area contributed by atoms with E-state index in [2.05, 4.69) is 31.3 Å². The zero-order valence-corrected chi connectivity index (χ0v) is 50.8. The largest absolute Gasteiger partial charge is 0.472 e. The molecule has 0 saturated carbocycles. The lowest BCUT2D eigenvalue weighted by atomic mass is 10.0. The Morgan fingerprint density at radius 1 is 0.452 bits per heavy atom. The number of nitrogens with one attached hydrogen (secondary N) is 1. The van der Waals surface area contributed by atoms with E-state index in [1.165, 1.54) is 276 Å². The molecule has 1 amide bonds. The van der Waals surface area contributed by atoms with Crippen molar-refractivity contribution in [2.75, 3.05) is 40.9 Å². The highest BCUT2D eigenvalue weighted by molar-refractivity contribution is 7.47. The molecule has 0 spiro atoms. The molecule has 0 rings (SSSR count). The fraction of sp³-hybridized carbons (Fsp3) is 0.953. The number of aliphatic hydroxyl groups is 1. The number of unbranched alkanes of at least 4 members (excludes halogenated alkanes) is 46. The molecule has 0 aromatic heterocycles. The Bertz CT molecular complexity index is 1200. The van der Waals surface area contributed by atoms with Gasteiger partial charge in [-0.2, -0.15) is 0 Å². The van der Waals surface area contributed by atoms with Gasteiger partial charge in [0.2, 0.25) is 5.91 Å². The molecule has 0 aliphatic carbocycles. The smallest absolute Gasteiger partial charge is 0.391 e. The highest BCUT2D eigenvalue weighted by atomic mass is 31.2. The number of carbonyl (C=O) groups excluding carboxylic acids is 1. The van der Waals surface area contributed by atoms with E-state index in [1.54, 1.807) is 0 Å². The van der Waals surface area contributed by atoms with Crippen LogP contribution in [0.3, 0.4) is 0 Å². The molecule has 3 atom stereocenters. The number of nitrogens with zero attached hydrogens (tertiary/aromatic N) is 1. The fourth-order valence-electron chi connectivity index (χ4n) is 10.2. The average Bonchev–Trinajstić information content (AvgIpc) is 3.35. The normalized spacial score (nSPS) is 13.8. The first-order valence-corrected chi connectivity index (χ1v) is 34.0. The van der Waals surface area contributed by atoms with Crippen molar-refractivity contribution in [1.82, 2.24) is 5.32 Å². The minimum atomic E-state index is -4.32. The molecule has 3 N–H and O–H groups in total. The number of quaternary nitrogens is 1. The highest BCUT2D eigenvalue weighted by Gasteiger charge is 2.28. The predicted molar refractivity (Wildman–Crippen MR) is 319 cm³/mol. The van der Waals surface area contributed by atoms with E-state index in [0.717, 1.165) is 38.5 Å². The van der Waals surface area contributed by atoms with Crippen LogP contribution in [0.1, 0.15) is 341 Å². The summed E-state index contributed by atoms with van der Waals surface area (Å²) in [7, 11) is 1.63. The number of hydrogen-bond donors (Lipinski definition) is 3. The van der Waals surface area contributed by atoms with Crippen LogP contribution < -0.4 is 5.32 Å². The molecule has 0 radical (unpaired) electrons. The van der Waals surface area contributed by atoms with Gasteiger partial charge < -0.3 is 19.8 Å². The molecular formula is C64H130N2O6P+. The van der Waals surface area contributed by atoms with Crippen LogP contribution in [-0.4, -0.2) is 73.4 Å². The topological polar surface area (TPSA) is 105 Å². The van der Waals surface area contributed by atoms with E-state index in [-0.39, 0.29) is 19.1 Å². The number of likely N-dealkylation sites (N-methyl/N-ethyl adjacent to an activating group) is 1. The van der Waals surface area contributed by atoms with Crippen LogP contribution in [0.15, 0.2) is 12.2 Å². The Morgan fingerprint density at radius 2 is 0.740 bits per heavy atom. The van der Waals surface area contributed by atoms with Gasteiger partial charge in [-0.15, -0.1) is 0 Å². The van der Waals surface area contributed by atoms with Gasteiger partial charge in [-0.3, -0.25) is 13.8 Å². The van der Waals surface area contributed by atoms with Crippen molar-refractivity contribution in [1.29, 1.82) is 0 Å². The van der Waals surface area contributed by atoms with E-state index < -0.39 is 20.0 Å². The number of phosphoric acid groups is 1. The third-order valence-corrected chi connectivity index (χ3v) is 16.2. The molecule has 0 bridgehead atoms. The van der Waals surface area contributed by atoms with Gasteiger partial charge in [-0.25, -0.2) is 4.57 Å². The summed E-state index contributed by atoms with van der Waals surface area (Å²) in [6, 6.07) is -0.760. The number of hydrogen-bond acceptors (Lipinski definition) is 5. The van der Waals surface area contributed by atoms with E-state index in [1.807, 2.05) is 21.1 Å². The van der Waals surface area contributed by atoms with Crippen LogP contribution in [0.5, 0.6) is 0 Å². The molecule has 0 aromatic rings. The quantitative estimate of drug-likeness (QED) is 0.0243. The minimum absolute atomic E-state index is 0.0769. The van der Waals surface area contributed by atoms with Crippen molar-refractivity contribution >= 4 is 13.7 Å². The number of phosphoric ester groups is 1. The van der Waals surface area contributed by atoms with E-state index in [4.69, 9.17) is 9.05 Å². The molecule has 73 heavy (non-hydrogen) atoms. The maximum absolute atomic E-state index is 13.0. The van der Waals surface area contributed by atoms with Crippen molar-refractivity contribution in [2.45, 2.75) is 353 Å². The van der Waals surface area contributed by atoms with E-state index in [0.29, 0.717) is 23.9 Å². The molecule has 9 heteroatoms.